The third-order valence-electron chi connectivity index (χ3n) is 4.90. The Bertz CT molecular complexity index is 458. The Morgan fingerprint density at radius 1 is 1.30 bits per heavy atom. The zero-order valence-electron chi connectivity index (χ0n) is 12.9. The predicted molar refractivity (Wildman–Crippen MR) is 81.8 cm³/mol. The van der Waals surface area contributed by atoms with E-state index in [0.29, 0.717) is 12.0 Å². The zero-order chi connectivity index (χ0) is 13.9. The summed E-state index contributed by atoms with van der Waals surface area (Å²) in [5.41, 5.74) is 2.67. The molecule has 1 aromatic rings. The minimum absolute atomic E-state index is 0.482. The molecule has 0 amide bonds. The van der Waals surface area contributed by atoms with Gasteiger partial charge in [-0.2, -0.15) is 0 Å². The van der Waals surface area contributed by atoms with Gasteiger partial charge in [-0.15, -0.1) is 0 Å². The van der Waals surface area contributed by atoms with Crippen molar-refractivity contribution in [3.63, 3.8) is 0 Å². The Morgan fingerprint density at radius 3 is 2.95 bits per heavy atom. The van der Waals surface area contributed by atoms with Crippen LogP contribution >= 0.6 is 0 Å². The molecule has 2 aliphatic carbocycles. The number of rotatable bonds is 4. The molecule has 3 unspecified atom stereocenters. The molecule has 3 heteroatoms. The first-order valence-corrected chi connectivity index (χ1v) is 8.37. The van der Waals surface area contributed by atoms with E-state index in [0.717, 1.165) is 24.7 Å². The van der Waals surface area contributed by atoms with Crippen LogP contribution in [0.15, 0.2) is 6.20 Å². The molecule has 1 fully saturated rings. The van der Waals surface area contributed by atoms with E-state index in [2.05, 4.69) is 25.4 Å². The molecule has 0 aromatic carbocycles. The van der Waals surface area contributed by atoms with Gasteiger partial charge in [-0.3, -0.25) is 0 Å². The van der Waals surface area contributed by atoms with Crippen LogP contribution in [0.4, 0.5) is 0 Å². The lowest BCUT2D eigenvalue weighted by molar-refractivity contribution is 0.450. The molecule has 20 heavy (non-hydrogen) atoms. The van der Waals surface area contributed by atoms with Gasteiger partial charge in [-0.05, 0) is 57.4 Å². The molecule has 0 spiro atoms. The average Bonchev–Trinajstić information content (AvgIpc) is 2.91. The molecule has 0 saturated heterocycles. The Balaban J connectivity index is 1.78. The van der Waals surface area contributed by atoms with Gasteiger partial charge in [-0.1, -0.05) is 13.8 Å². The maximum atomic E-state index is 4.94. The summed E-state index contributed by atoms with van der Waals surface area (Å²) in [5, 5.41) is 3.64. The normalized spacial score (nSPS) is 29.4. The summed E-state index contributed by atoms with van der Waals surface area (Å²) >= 11 is 0. The van der Waals surface area contributed by atoms with E-state index in [1.165, 1.54) is 49.8 Å². The highest BCUT2D eigenvalue weighted by Gasteiger charge is 2.27. The molecule has 0 radical (unpaired) electrons. The molecule has 1 aromatic heterocycles. The molecule has 0 aliphatic heterocycles. The molecule has 1 N–H and O–H groups in total. The Hall–Kier alpha value is -0.960. The Labute approximate surface area is 122 Å². The van der Waals surface area contributed by atoms with Gasteiger partial charge in [0.1, 0.15) is 5.82 Å². The summed E-state index contributed by atoms with van der Waals surface area (Å²) < 4.78 is 0. The SMILES string of the molecule is CCCNC1CCCc2nc(C3CCC(C)C3)ncc21. The van der Waals surface area contributed by atoms with Gasteiger partial charge in [-0.25, -0.2) is 9.97 Å². The lowest BCUT2D eigenvalue weighted by Gasteiger charge is -2.26. The van der Waals surface area contributed by atoms with Crippen molar-refractivity contribution in [2.75, 3.05) is 6.54 Å². The molecular weight excluding hydrogens is 246 g/mol. The molecule has 2 aliphatic rings. The summed E-state index contributed by atoms with van der Waals surface area (Å²) in [6.07, 6.45) is 10.8. The standard InChI is InChI=1S/C17H27N3/c1-3-9-18-15-5-4-6-16-14(15)11-19-17(20-16)13-8-7-12(2)10-13/h11-13,15,18H,3-10H2,1-2H3. The van der Waals surface area contributed by atoms with Gasteiger partial charge < -0.3 is 5.32 Å². The summed E-state index contributed by atoms with van der Waals surface area (Å²) in [7, 11) is 0. The van der Waals surface area contributed by atoms with Gasteiger partial charge in [0.05, 0.1) is 0 Å². The number of fused-ring (bicyclic) bond motifs is 1. The third-order valence-corrected chi connectivity index (χ3v) is 4.90. The van der Waals surface area contributed by atoms with Crippen molar-refractivity contribution < 1.29 is 0 Å². The summed E-state index contributed by atoms with van der Waals surface area (Å²) in [6, 6.07) is 0.482. The van der Waals surface area contributed by atoms with E-state index < -0.39 is 0 Å². The van der Waals surface area contributed by atoms with Crippen LogP contribution in [-0.4, -0.2) is 16.5 Å². The molecule has 1 heterocycles. The number of aromatic nitrogens is 2. The number of aryl methyl sites for hydroxylation is 1. The fourth-order valence-corrected chi connectivity index (χ4v) is 3.73. The van der Waals surface area contributed by atoms with Gasteiger partial charge in [0, 0.05) is 29.4 Å². The van der Waals surface area contributed by atoms with Crippen molar-refractivity contribution in [2.45, 2.75) is 70.8 Å². The Morgan fingerprint density at radius 2 is 2.20 bits per heavy atom. The van der Waals surface area contributed by atoms with Gasteiger partial charge in [0.15, 0.2) is 0 Å². The highest BCUT2D eigenvalue weighted by atomic mass is 14.9. The van der Waals surface area contributed by atoms with E-state index in [9.17, 15) is 0 Å². The topological polar surface area (TPSA) is 37.8 Å². The first-order valence-electron chi connectivity index (χ1n) is 8.37. The van der Waals surface area contributed by atoms with E-state index in [1.807, 2.05) is 0 Å². The maximum absolute atomic E-state index is 4.94. The molecule has 1 saturated carbocycles. The Kier molecular flexibility index (Phi) is 4.35. The predicted octanol–water partition coefficient (Wildman–Crippen LogP) is 3.76. The minimum atomic E-state index is 0.482. The minimum Gasteiger partial charge on any atom is -0.310 e. The van der Waals surface area contributed by atoms with Crippen LogP contribution in [0.5, 0.6) is 0 Å². The van der Waals surface area contributed by atoms with Crippen molar-refractivity contribution in [1.82, 2.24) is 15.3 Å². The van der Waals surface area contributed by atoms with Gasteiger partial charge >= 0.3 is 0 Å². The molecule has 110 valence electrons. The first kappa shape index (κ1) is 14.0. The number of nitrogens with zero attached hydrogens (tertiary/aromatic N) is 2. The van der Waals surface area contributed by atoms with Crippen LogP contribution in [0.3, 0.4) is 0 Å². The summed E-state index contributed by atoms with van der Waals surface area (Å²) in [5.74, 6) is 2.57. The van der Waals surface area contributed by atoms with Crippen LogP contribution in [0.25, 0.3) is 0 Å². The molecule has 3 nitrogen and oxygen atoms in total. The average molecular weight is 273 g/mol. The van der Waals surface area contributed by atoms with E-state index >= 15 is 0 Å². The fraction of sp³-hybridized carbons (Fsp3) is 0.765. The van der Waals surface area contributed by atoms with E-state index in [-0.39, 0.29) is 0 Å². The number of hydrogen-bond donors (Lipinski definition) is 1. The quantitative estimate of drug-likeness (QED) is 0.907. The second-order valence-electron chi connectivity index (χ2n) is 6.64. The van der Waals surface area contributed by atoms with Crippen LogP contribution in [0.2, 0.25) is 0 Å². The molecule has 3 atom stereocenters. The summed E-state index contributed by atoms with van der Waals surface area (Å²) in [6.45, 7) is 5.66. The first-order chi connectivity index (χ1) is 9.78. The van der Waals surface area contributed by atoms with Gasteiger partial charge in [0.25, 0.3) is 0 Å². The lowest BCUT2D eigenvalue weighted by Crippen LogP contribution is -2.27. The summed E-state index contributed by atoms with van der Waals surface area (Å²) in [4.78, 5) is 9.65. The third kappa shape index (κ3) is 2.88. The van der Waals surface area contributed by atoms with Crippen molar-refractivity contribution >= 4 is 0 Å². The number of nitrogens with one attached hydrogen (secondary N) is 1. The van der Waals surface area contributed by atoms with Crippen LogP contribution in [-0.2, 0) is 6.42 Å². The second-order valence-corrected chi connectivity index (χ2v) is 6.64. The monoisotopic (exact) mass is 273 g/mol. The maximum Gasteiger partial charge on any atom is 0.131 e. The van der Waals surface area contributed by atoms with Crippen molar-refractivity contribution in [2.24, 2.45) is 5.92 Å². The van der Waals surface area contributed by atoms with E-state index in [1.54, 1.807) is 0 Å². The number of hydrogen-bond acceptors (Lipinski definition) is 3. The van der Waals surface area contributed by atoms with Gasteiger partial charge in [0.2, 0.25) is 0 Å². The lowest BCUT2D eigenvalue weighted by atomic mass is 9.92. The molecular formula is C17H27N3. The smallest absolute Gasteiger partial charge is 0.131 e. The largest absolute Gasteiger partial charge is 0.310 e. The zero-order valence-corrected chi connectivity index (χ0v) is 12.9. The highest BCUT2D eigenvalue weighted by molar-refractivity contribution is 5.25. The van der Waals surface area contributed by atoms with Crippen LogP contribution in [0.1, 0.15) is 81.4 Å². The molecule has 3 rings (SSSR count). The second kappa shape index (κ2) is 6.21. The fourth-order valence-electron chi connectivity index (χ4n) is 3.73. The van der Waals surface area contributed by atoms with Crippen molar-refractivity contribution in [1.29, 1.82) is 0 Å². The van der Waals surface area contributed by atoms with Crippen LogP contribution < -0.4 is 5.32 Å². The van der Waals surface area contributed by atoms with Crippen molar-refractivity contribution in [3.05, 3.63) is 23.3 Å². The van der Waals surface area contributed by atoms with E-state index in [4.69, 9.17) is 9.97 Å². The highest BCUT2D eigenvalue weighted by Crippen LogP contribution is 2.37. The van der Waals surface area contributed by atoms with Crippen LogP contribution in [0, 0.1) is 5.92 Å². The molecule has 0 bridgehead atoms. The van der Waals surface area contributed by atoms with Crippen molar-refractivity contribution in [3.8, 4) is 0 Å².